The topological polar surface area (TPSA) is 53.4 Å². The number of nitrogens with zero attached hydrogens (tertiary/aromatic N) is 4. The van der Waals surface area contributed by atoms with Crippen molar-refractivity contribution in [3.63, 3.8) is 0 Å². The monoisotopic (exact) mass is 405 g/mol. The Morgan fingerprint density at radius 2 is 1.96 bits per heavy atom. The summed E-state index contributed by atoms with van der Waals surface area (Å²) in [6, 6.07) is 6.71. The molecule has 1 aliphatic rings. The van der Waals surface area contributed by atoms with E-state index in [9.17, 15) is 4.79 Å². The molecular weight excluding hydrogens is 382 g/mol. The molecule has 7 heteroatoms. The molecule has 0 spiro atoms. The zero-order valence-corrected chi connectivity index (χ0v) is 16.6. The van der Waals surface area contributed by atoms with Crippen LogP contribution >= 0.6 is 15.9 Å². The molecular formula is C18H24BrN5O. The third kappa shape index (κ3) is 3.88. The van der Waals surface area contributed by atoms with Crippen molar-refractivity contribution in [3.8, 4) is 0 Å². The van der Waals surface area contributed by atoms with Crippen molar-refractivity contribution in [3.05, 3.63) is 45.4 Å². The smallest absolute Gasteiger partial charge is 0.274 e. The molecule has 0 aromatic carbocycles. The van der Waals surface area contributed by atoms with Crippen LogP contribution in [0, 0.1) is 0 Å². The fourth-order valence-corrected chi connectivity index (χ4v) is 3.72. The molecule has 1 fully saturated rings. The quantitative estimate of drug-likeness (QED) is 0.850. The molecule has 1 N–H and O–H groups in total. The predicted octanol–water partition coefficient (Wildman–Crippen LogP) is 2.82. The van der Waals surface area contributed by atoms with Gasteiger partial charge in [0.25, 0.3) is 5.56 Å². The number of anilines is 3. The van der Waals surface area contributed by atoms with Gasteiger partial charge in [0.15, 0.2) is 0 Å². The molecule has 0 saturated carbocycles. The van der Waals surface area contributed by atoms with E-state index >= 15 is 0 Å². The number of hydrogen-bond donors (Lipinski definition) is 1. The molecule has 2 aromatic heterocycles. The average Bonchev–Trinajstić information content (AvgIpc) is 2.56. The summed E-state index contributed by atoms with van der Waals surface area (Å²) in [4.78, 5) is 21.5. The summed E-state index contributed by atoms with van der Waals surface area (Å²) in [5, 5.41) is 3.11. The fourth-order valence-electron chi connectivity index (χ4n) is 3.19. The van der Waals surface area contributed by atoms with Crippen LogP contribution < -0.4 is 15.8 Å². The highest BCUT2D eigenvalue weighted by Gasteiger charge is 2.26. The van der Waals surface area contributed by atoms with Crippen LogP contribution in [-0.4, -0.2) is 46.7 Å². The van der Waals surface area contributed by atoms with Crippen molar-refractivity contribution in [1.29, 1.82) is 0 Å². The number of aryl methyl sites for hydroxylation is 1. The number of rotatable bonds is 3. The molecule has 3 heterocycles. The highest BCUT2D eigenvalue weighted by atomic mass is 79.9. The molecule has 1 aliphatic heterocycles. The van der Waals surface area contributed by atoms with Gasteiger partial charge in [0.1, 0.15) is 11.5 Å². The molecule has 1 saturated heterocycles. The van der Waals surface area contributed by atoms with Crippen molar-refractivity contribution in [2.24, 2.45) is 7.05 Å². The zero-order valence-electron chi connectivity index (χ0n) is 15.0. The predicted molar refractivity (Wildman–Crippen MR) is 106 cm³/mol. The Morgan fingerprint density at radius 1 is 1.20 bits per heavy atom. The van der Waals surface area contributed by atoms with Gasteiger partial charge in [-0.25, -0.2) is 4.98 Å². The van der Waals surface area contributed by atoms with Crippen molar-refractivity contribution in [1.82, 2.24) is 14.5 Å². The summed E-state index contributed by atoms with van der Waals surface area (Å²) >= 11 is 3.41. The Balaban J connectivity index is 1.78. The summed E-state index contributed by atoms with van der Waals surface area (Å²) in [6.45, 7) is 6.50. The highest BCUT2D eigenvalue weighted by molar-refractivity contribution is 9.10. The number of hydrogen-bond acceptors (Lipinski definition) is 5. The van der Waals surface area contributed by atoms with Gasteiger partial charge >= 0.3 is 0 Å². The van der Waals surface area contributed by atoms with Crippen LogP contribution in [0.25, 0.3) is 0 Å². The van der Waals surface area contributed by atoms with Crippen LogP contribution in [0.1, 0.15) is 13.8 Å². The van der Waals surface area contributed by atoms with E-state index in [2.05, 4.69) is 63.0 Å². The van der Waals surface area contributed by atoms with Gasteiger partial charge in [-0.05, 0) is 55.0 Å². The molecule has 0 aliphatic carbocycles. The van der Waals surface area contributed by atoms with Crippen LogP contribution in [0.15, 0.2) is 39.9 Å². The molecule has 134 valence electrons. The standard InChI is InChI=1S/C18H24BrN5O/c1-12-10-24(13(2)9-22(12)3)15-5-6-17(20-8-15)21-16-7-14(19)11-23(4)18(16)25/h5-8,11-13H,9-10H2,1-4H3,(H,20,21)/t12-,13+/m1/s1. The first kappa shape index (κ1) is 17.9. The van der Waals surface area contributed by atoms with E-state index in [0.717, 1.165) is 23.2 Å². The lowest BCUT2D eigenvalue weighted by Gasteiger charge is -2.43. The number of halogens is 1. The maximum absolute atomic E-state index is 12.2. The van der Waals surface area contributed by atoms with Crippen LogP contribution in [-0.2, 0) is 7.05 Å². The number of piperazine rings is 1. The highest BCUT2D eigenvalue weighted by Crippen LogP contribution is 2.23. The van der Waals surface area contributed by atoms with Crippen LogP contribution in [0.4, 0.5) is 17.2 Å². The summed E-state index contributed by atoms with van der Waals surface area (Å²) < 4.78 is 2.38. The Hall–Kier alpha value is -1.86. The van der Waals surface area contributed by atoms with E-state index in [-0.39, 0.29) is 5.56 Å². The van der Waals surface area contributed by atoms with Gasteiger partial charge < -0.3 is 14.8 Å². The summed E-state index contributed by atoms with van der Waals surface area (Å²) in [5.41, 5.74) is 1.52. The lowest BCUT2D eigenvalue weighted by atomic mass is 10.1. The Bertz CT molecular complexity index is 804. The van der Waals surface area contributed by atoms with E-state index in [1.165, 1.54) is 4.57 Å². The molecule has 0 unspecified atom stereocenters. The Morgan fingerprint density at radius 3 is 2.64 bits per heavy atom. The van der Waals surface area contributed by atoms with Gasteiger partial charge in [-0.2, -0.15) is 0 Å². The Labute approximate surface area is 156 Å². The first-order valence-electron chi connectivity index (χ1n) is 8.41. The molecule has 6 nitrogen and oxygen atoms in total. The number of nitrogens with one attached hydrogen (secondary N) is 1. The van der Waals surface area contributed by atoms with E-state index < -0.39 is 0 Å². The number of aromatic nitrogens is 2. The van der Waals surface area contributed by atoms with Gasteiger partial charge in [-0.15, -0.1) is 0 Å². The number of likely N-dealkylation sites (N-methyl/N-ethyl adjacent to an activating group) is 1. The van der Waals surface area contributed by atoms with Crippen molar-refractivity contribution >= 4 is 33.1 Å². The minimum atomic E-state index is -0.0874. The fraction of sp³-hybridized carbons (Fsp3) is 0.444. The van der Waals surface area contributed by atoms with E-state index in [1.54, 1.807) is 19.3 Å². The lowest BCUT2D eigenvalue weighted by molar-refractivity contribution is 0.206. The van der Waals surface area contributed by atoms with Crippen molar-refractivity contribution in [2.75, 3.05) is 30.4 Å². The second-order valence-electron chi connectivity index (χ2n) is 6.80. The molecule has 0 bridgehead atoms. The van der Waals surface area contributed by atoms with Crippen LogP contribution in [0.2, 0.25) is 0 Å². The van der Waals surface area contributed by atoms with Gasteiger partial charge in [0, 0.05) is 42.9 Å². The van der Waals surface area contributed by atoms with Gasteiger partial charge in [-0.3, -0.25) is 9.69 Å². The normalized spacial score (nSPS) is 21.4. The lowest BCUT2D eigenvalue weighted by Crippen LogP contribution is -2.55. The van der Waals surface area contributed by atoms with Gasteiger partial charge in [-0.1, -0.05) is 0 Å². The third-order valence-electron chi connectivity index (χ3n) is 4.79. The second-order valence-corrected chi connectivity index (χ2v) is 7.72. The maximum atomic E-state index is 12.2. The summed E-state index contributed by atoms with van der Waals surface area (Å²) in [6.07, 6.45) is 3.61. The summed E-state index contributed by atoms with van der Waals surface area (Å²) in [5.74, 6) is 0.661. The molecule has 3 rings (SSSR count). The van der Waals surface area contributed by atoms with E-state index in [1.807, 2.05) is 12.3 Å². The molecule has 0 amide bonds. The minimum absolute atomic E-state index is 0.0874. The van der Waals surface area contributed by atoms with E-state index in [0.29, 0.717) is 23.6 Å². The summed E-state index contributed by atoms with van der Waals surface area (Å²) in [7, 11) is 3.90. The first-order chi connectivity index (χ1) is 11.8. The molecule has 25 heavy (non-hydrogen) atoms. The SMILES string of the molecule is C[C@@H]1CN(c2ccc(Nc3cc(Br)cn(C)c3=O)nc2)[C@@H](C)CN1C. The van der Waals surface area contributed by atoms with Gasteiger partial charge in [0.05, 0.1) is 11.9 Å². The molecule has 2 aromatic rings. The van der Waals surface area contributed by atoms with Crippen LogP contribution in [0.5, 0.6) is 0 Å². The zero-order chi connectivity index (χ0) is 18.1. The minimum Gasteiger partial charge on any atom is -0.365 e. The van der Waals surface area contributed by atoms with E-state index in [4.69, 9.17) is 0 Å². The van der Waals surface area contributed by atoms with Crippen LogP contribution in [0.3, 0.4) is 0 Å². The third-order valence-corrected chi connectivity index (χ3v) is 5.22. The molecule has 0 radical (unpaired) electrons. The first-order valence-corrected chi connectivity index (χ1v) is 9.20. The van der Waals surface area contributed by atoms with Crippen molar-refractivity contribution in [2.45, 2.75) is 25.9 Å². The number of pyridine rings is 2. The average molecular weight is 406 g/mol. The maximum Gasteiger partial charge on any atom is 0.274 e. The van der Waals surface area contributed by atoms with Gasteiger partial charge in [0.2, 0.25) is 0 Å². The largest absolute Gasteiger partial charge is 0.365 e. The second kappa shape index (κ2) is 7.17. The molecule has 2 atom stereocenters. The van der Waals surface area contributed by atoms with Crippen molar-refractivity contribution < 1.29 is 0 Å². The Kier molecular flexibility index (Phi) is 5.15.